The maximum atomic E-state index is 12.9. The van der Waals surface area contributed by atoms with Crippen LogP contribution in [0.1, 0.15) is 5.56 Å². The summed E-state index contributed by atoms with van der Waals surface area (Å²) >= 11 is 7.04. The van der Waals surface area contributed by atoms with Gasteiger partial charge in [-0.2, -0.15) is 17.5 Å². The molecule has 30 heavy (non-hydrogen) atoms. The molecule has 1 heterocycles. The molecule has 0 radical (unpaired) electrons. The van der Waals surface area contributed by atoms with Crippen LogP contribution in [0.2, 0.25) is 5.02 Å². The van der Waals surface area contributed by atoms with Crippen LogP contribution in [0.4, 0.5) is 18.3 Å². The van der Waals surface area contributed by atoms with Crippen LogP contribution in [0, 0.1) is 0 Å². The Kier molecular flexibility index (Phi) is 5.16. The molecule has 0 spiro atoms. The first-order valence-corrected chi connectivity index (χ1v) is 11.0. The van der Waals surface area contributed by atoms with Crippen molar-refractivity contribution in [3.05, 3.63) is 71.5 Å². The van der Waals surface area contributed by atoms with Crippen molar-refractivity contribution in [1.82, 2.24) is 9.36 Å². The highest BCUT2D eigenvalue weighted by Gasteiger charge is 2.31. The Hall–Kier alpha value is -2.69. The molecule has 4 rings (SSSR count). The van der Waals surface area contributed by atoms with Crippen LogP contribution in [0.15, 0.2) is 65.8 Å². The van der Waals surface area contributed by atoms with E-state index in [1.807, 2.05) is 0 Å². The number of alkyl halides is 3. The van der Waals surface area contributed by atoms with E-state index in [-0.39, 0.29) is 15.0 Å². The van der Waals surface area contributed by atoms with Crippen LogP contribution < -0.4 is 4.72 Å². The number of nitrogens with one attached hydrogen (secondary N) is 1. The molecule has 0 saturated carbocycles. The molecule has 0 aliphatic rings. The van der Waals surface area contributed by atoms with Crippen molar-refractivity contribution < 1.29 is 21.6 Å². The molecule has 1 N–H and O–H groups in total. The van der Waals surface area contributed by atoms with Gasteiger partial charge in [-0.15, -0.1) is 0 Å². The number of hydrogen-bond acceptors (Lipinski definition) is 5. The molecule has 0 fully saturated rings. The van der Waals surface area contributed by atoms with E-state index < -0.39 is 21.8 Å². The first-order valence-electron chi connectivity index (χ1n) is 8.34. The number of rotatable bonds is 4. The van der Waals surface area contributed by atoms with Gasteiger partial charge in [0.05, 0.1) is 10.5 Å². The molecule has 4 aromatic rings. The van der Waals surface area contributed by atoms with Crippen LogP contribution >= 0.6 is 23.1 Å². The van der Waals surface area contributed by atoms with E-state index in [1.165, 1.54) is 24.5 Å². The number of sulfonamides is 1. The number of fused-ring (bicyclic) bond motifs is 1. The van der Waals surface area contributed by atoms with Crippen molar-refractivity contribution in [2.24, 2.45) is 0 Å². The van der Waals surface area contributed by atoms with Gasteiger partial charge in [0.2, 0.25) is 5.13 Å². The fourth-order valence-corrected chi connectivity index (χ4v) is 4.94. The van der Waals surface area contributed by atoms with E-state index in [0.717, 1.165) is 23.7 Å². The topological polar surface area (TPSA) is 72.0 Å². The highest BCUT2D eigenvalue weighted by atomic mass is 35.5. The summed E-state index contributed by atoms with van der Waals surface area (Å²) in [5.74, 6) is 0. The van der Waals surface area contributed by atoms with E-state index in [0.29, 0.717) is 21.9 Å². The molecule has 1 aromatic heterocycles. The summed E-state index contributed by atoms with van der Waals surface area (Å²) in [7, 11) is -3.88. The Bertz CT molecular complexity index is 1340. The average Bonchev–Trinajstić information content (AvgIpc) is 3.18. The summed E-state index contributed by atoms with van der Waals surface area (Å²) in [5, 5.41) is 1.32. The Balaban J connectivity index is 1.77. The molecule has 0 atom stereocenters. The number of hydrogen-bond donors (Lipinski definition) is 1. The molecule has 3 aromatic carbocycles. The van der Waals surface area contributed by atoms with E-state index in [9.17, 15) is 21.6 Å². The zero-order chi connectivity index (χ0) is 21.5. The summed E-state index contributed by atoms with van der Waals surface area (Å²) < 4.78 is 70.0. The Morgan fingerprint density at radius 1 is 1.00 bits per heavy atom. The molecule has 5 nitrogen and oxygen atoms in total. The lowest BCUT2D eigenvalue weighted by molar-refractivity contribution is -0.137. The third kappa shape index (κ3) is 3.98. The standard InChI is InChI=1S/C19H11ClF3N3O2S2/c20-17-9-12(19(21,22)23)4-6-16(17)15-3-1-2-11-8-13(5-7-14(11)15)30(27,28)26-18-24-10-25-29-18/h1-10H,(H,24,25,26). The second kappa shape index (κ2) is 7.53. The van der Waals surface area contributed by atoms with Crippen molar-refractivity contribution in [3.8, 4) is 11.1 Å². The summed E-state index contributed by atoms with van der Waals surface area (Å²) in [6.07, 6.45) is -3.26. The Morgan fingerprint density at radius 2 is 1.80 bits per heavy atom. The lowest BCUT2D eigenvalue weighted by Gasteiger charge is -2.13. The molecule has 154 valence electrons. The monoisotopic (exact) mass is 469 g/mol. The number of aromatic nitrogens is 2. The predicted molar refractivity (Wildman–Crippen MR) is 110 cm³/mol. The summed E-state index contributed by atoms with van der Waals surface area (Å²) in [4.78, 5) is 3.81. The first kappa shape index (κ1) is 20.6. The quantitative estimate of drug-likeness (QED) is 0.408. The second-order valence-electron chi connectivity index (χ2n) is 6.23. The van der Waals surface area contributed by atoms with Gasteiger partial charge in [0.25, 0.3) is 10.0 Å². The lowest BCUT2D eigenvalue weighted by Crippen LogP contribution is -2.12. The number of halogens is 4. The summed E-state index contributed by atoms with van der Waals surface area (Å²) in [6.45, 7) is 0. The van der Waals surface area contributed by atoms with Gasteiger partial charge in [-0.3, -0.25) is 4.72 Å². The van der Waals surface area contributed by atoms with Gasteiger partial charge in [0.15, 0.2) is 0 Å². The smallest absolute Gasteiger partial charge is 0.253 e. The SMILES string of the molecule is O=S(=O)(Nc1ncns1)c1ccc2c(-c3ccc(C(F)(F)F)cc3Cl)cccc2c1. The molecule has 0 amide bonds. The molecule has 0 unspecified atom stereocenters. The van der Waals surface area contributed by atoms with Crippen LogP contribution in [0.3, 0.4) is 0 Å². The van der Waals surface area contributed by atoms with Crippen molar-refractivity contribution in [1.29, 1.82) is 0 Å². The van der Waals surface area contributed by atoms with Crippen LogP contribution in [0.5, 0.6) is 0 Å². The molecule has 0 aliphatic heterocycles. The highest BCUT2D eigenvalue weighted by molar-refractivity contribution is 7.93. The van der Waals surface area contributed by atoms with Crippen molar-refractivity contribution in [2.45, 2.75) is 11.1 Å². The zero-order valence-electron chi connectivity index (χ0n) is 14.8. The van der Waals surface area contributed by atoms with Crippen molar-refractivity contribution >= 4 is 49.1 Å². The first-order chi connectivity index (χ1) is 14.1. The molecule has 11 heteroatoms. The van der Waals surface area contributed by atoms with Crippen LogP contribution in [0.25, 0.3) is 21.9 Å². The minimum Gasteiger partial charge on any atom is -0.253 e. The van der Waals surface area contributed by atoms with Gasteiger partial charge in [-0.1, -0.05) is 41.9 Å². The van der Waals surface area contributed by atoms with Crippen molar-refractivity contribution in [3.63, 3.8) is 0 Å². The van der Waals surface area contributed by atoms with E-state index in [2.05, 4.69) is 14.1 Å². The van der Waals surface area contributed by atoms with Gasteiger partial charge >= 0.3 is 6.18 Å². The van der Waals surface area contributed by atoms with Gasteiger partial charge in [0, 0.05) is 22.1 Å². The fourth-order valence-electron chi connectivity index (χ4n) is 2.97. The van der Waals surface area contributed by atoms with Gasteiger partial charge in [-0.05, 0) is 40.6 Å². The van der Waals surface area contributed by atoms with Gasteiger partial charge in [-0.25, -0.2) is 13.4 Å². The average molecular weight is 470 g/mol. The fraction of sp³-hybridized carbons (Fsp3) is 0.0526. The third-order valence-electron chi connectivity index (χ3n) is 4.33. The maximum absolute atomic E-state index is 12.9. The van der Waals surface area contributed by atoms with E-state index in [1.54, 1.807) is 24.3 Å². The minimum absolute atomic E-state index is 0.0147. The van der Waals surface area contributed by atoms with E-state index >= 15 is 0 Å². The highest BCUT2D eigenvalue weighted by Crippen LogP contribution is 2.38. The normalized spacial score (nSPS) is 12.3. The summed E-state index contributed by atoms with van der Waals surface area (Å²) in [5.41, 5.74) is 0.165. The maximum Gasteiger partial charge on any atom is 0.416 e. The minimum atomic E-state index is -4.50. The van der Waals surface area contributed by atoms with Crippen molar-refractivity contribution in [2.75, 3.05) is 4.72 Å². The lowest BCUT2D eigenvalue weighted by atomic mass is 9.97. The third-order valence-corrected chi connectivity index (χ3v) is 6.69. The van der Waals surface area contributed by atoms with Crippen LogP contribution in [-0.4, -0.2) is 17.8 Å². The van der Waals surface area contributed by atoms with Crippen LogP contribution in [-0.2, 0) is 16.2 Å². The largest absolute Gasteiger partial charge is 0.416 e. The van der Waals surface area contributed by atoms with Gasteiger partial charge < -0.3 is 0 Å². The number of anilines is 1. The molecular formula is C19H11ClF3N3O2S2. The van der Waals surface area contributed by atoms with Gasteiger partial charge in [0.1, 0.15) is 6.33 Å². The molecule has 0 aliphatic carbocycles. The molecule has 0 saturated heterocycles. The Labute approximate surface area is 178 Å². The van der Waals surface area contributed by atoms with E-state index in [4.69, 9.17) is 11.6 Å². The molecule has 0 bridgehead atoms. The molecular weight excluding hydrogens is 459 g/mol. The number of nitrogens with zero attached hydrogens (tertiary/aromatic N) is 2. The zero-order valence-corrected chi connectivity index (χ0v) is 17.2. The second-order valence-corrected chi connectivity index (χ2v) is 9.10. The Morgan fingerprint density at radius 3 is 2.47 bits per heavy atom. The predicted octanol–water partition coefficient (Wildman–Crippen LogP) is 5.83. The summed E-state index contributed by atoms with van der Waals surface area (Å²) in [6, 6.07) is 12.7. The number of benzene rings is 3.